The molecule has 1 fully saturated rings. The average molecular weight is 458 g/mol. The lowest BCUT2D eigenvalue weighted by Crippen LogP contribution is -2.43. The van der Waals surface area contributed by atoms with Gasteiger partial charge in [0.05, 0.1) is 19.6 Å². The Morgan fingerprint density at radius 2 is 1.91 bits per heavy atom. The molecule has 1 saturated heterocycles. The van der Waals surface area contributed by atoms with E-state index in [2.05, 4.69) is 0 Å². The molecule has 32 heavy (non-hydrogen) atoms. The molecule has 0 aromatic heterocycles. The first-order chi connectivity index (χ1) is 15.3. The zero-order chi connectivity index (χ0) is 23.3. The fourth-order valence-electron chi connectivity index (χ4n) is 3.90. The van der Waals surface area contributed by atoms with Gasteiger partial charge < -0.3 is 9.84 Å². The first kappa shape index (κ1) is 23.5. The van der Waals surface area contributed by atoms with Gasteiger partial charge in [0, 0.05) is 23.8 Å². The molecule has 1 unspecified atom stereocenters. The zero-order valence-electron chi connectivity index (χ0n) is 17.6. The van der Waals surface area contributed by atoms with Crippen molar-refractivity contribution in [3.05, 3.63) is 64.7 Å². The minimum Gasteiger partial charge on any atom is -0.496 e. The summed E-state index contributed by atoms with van der Waals surface area (Å²) < 4.78 is 5.35. The maximum Gasteiger partial charge on any atom is 0.311 e. The maximum atomic E-state index is 13.2. The number of benzene rings is 2. The van der Waals surface area contributed by atoms with Crippen LogP contribution in [0.5, 0.6) is 5.75 Å². The van der Waals surface area contributed by atoms with E-state index in [0.717, 1.165) is 4.90 Å². The highest BCUT2D eigenvalue weighted by Crippen LogP contribution is 2.29. The van der Waals surface area contributed by atoms with Gasteiger partial charge in [0.25, 0.3) is 0 Å². The summed E-state index contributed by atoms with van der Waals surface area (Å²) in [4.78, 5) is 51.3. The molecule has 1 N–H and O–H groups in total. The Morgan fingerprint density at radius 1 is 1.19 bits per heavy atom. The highest BCUT2D eigenvalue weighted by Gasteiger charge is 2.36. The van der Waals surface area contributed by atoms with Gasteiger partial charge in [0.2, 0.25) is 11.8 Å². The van der Waals surface area contributed by atoms with Crippen molar-refractivity contribution >= 4 is 35.2 Å². The molecule has 7 nitrogen and oxygen atoms in total. The number of imide groups is 1. The number of ketones is 1. The molecule has 2 atom stereocenters. The standard InChI is InChI=1S/C24H24ClNO6/c1-32-21-10-8-18(25)12-17(21)11-16-7-9-19(27)14-26(23(16)29)22(28)13-20(24(30)31)15-5-3-2-4-6-15/h2-6,8,10,12,16,20H,7,9,11,13-14H2,1H3,(H,30,31)/t16?,20-/m0/s1. The van der Waals surface area contributed by atoms with E-state index in [-0.39, 0.29) is 31.6 Å². The van der Waals surface area contributed by atoms with Crippen LogP contribution < -0.4 is 4.74 Å². The molecular formula is C24H24ClNO6. The number of hydrogen-bond acceptors (Lipinski definition) is 5. The molecular weight excluding hydrogens is 434 g/mol. The van der Waals surface area contributed by atoms with Crippen LogP contribution >= 0.6 is 11.6 Å². The molecule has 0 spiro atoms. The normalized spacial score (nSPS) is 17.6. The zero-order valence-corrected chi connectivity index (χ0v) is 18.4. The molecule has 1 aliphatic heterocycles. The maximum absolute atomic E-state index is 13.2. The number of ether oxygens (including phenoxy) is 1. The first-order valence-electron chi connectivity index (χ1n) is 10.3. The number of carbonyl (C=O) groups is 4. The number of methoxy groups -OCH3 is 1. The molecule has 1 heterocycles. The summed E-state index contributed by atoms with van der Waals surface area (Å²) in [6, 6.07) is 13.4. The topological polar surface area (TPSA) is 101 Å². The van der Waals surface area contributed by atoms with Crippen molar-refractivity contribution < 1.29 is 29.0 Å². The Kier molecular flexibility index (Phi) is 7.64. The molecule has 0 radical (unpaired) electrons. The Hall–Kier alpha value is -3.19. The number of Topliss-reactive ketones (excluding diaryl/α,β-unsaturated/α-hetero) is 1. The smallest absolute Gasteiger partial charge is 0.311 e. The molecule has 0 saturated carbocycles. The fourth-order valence-corrected chi connectivity index (χ4v) is 4.10. The third-order valence-corrected chi connectivity index (χ3v) is 5.85. The van der Waals surface area contributed by atoms with Crippen molar-refractivity contribution in [1.29, 1.82) is 0 Å². The molecule has 2 aromatic carbocycles. The number of halogens is 1. The second-order valence-electron chi connectivity index (χ2n) is 7.76. The van der Waals surface area contributed by atoms with Gasteiger partial charge in [-0.05, 0) is 42.2 Å². The summed E-state index contributed by atoms with van der Waals surface area (Å²) >= 11 is 6.09. The van der Waals surface area contributed by atoms with E-state index >= 15 is 0 Å². The number of aliphatic carboxylic acids is 1. The lowest BCUT2D eigenvalue weighted by atomic mass is 9.92. The average Bonchev–Trinajstić information content (AvgIpc) is 2.91. The first-order valence-corrected chi connectivity index (χ1v) is 10.6. The molecule has 3 rings (SSSR count). The summed E-state index contributed by atoms with van der Waals surface area (Å²) in [5, 5.41) is 10.1. The number of carbonyl (C=O) groups excluding carboxylic acids is 3. The van der Waals surface area contributed by atoms with Crippen LogP contribution in [-0.2, 0) is 25.6 Å². The van der Waals surface area contributed by atoms with Gasteiger partial charge in [0.15, 0.2) is 5.78 Å². The van der Waals surface area contributed by atoms with Crippen molar-refractivity contribution in [2.24, 2.45) is 5.92 Å². The second-order valence-corrected chi connectivity index (χ2v) is 8.19. The largest absolute Gasteiger partial charge is 0.496 e. The number of rotatable bonds is 7. The van der Waals surface area contributed by atoms with Gasteiger partial charge in [-0.25, -0.2) is 0 Å². The van der Waals surface area contributed by atoms with Gasteiger partial charge in [0.1, 0.15) is 5.75 Å². The van der Waals surface area contributed by atoms with Crippen molar-refractivity contribution in [1.82, 2.24) is 4.90 Å². The highest BCUT2D eigenvalue weighted by molar-refractivity contribution is 6.30. The number of nitrogens with zero attached hydrogens (tertiary/aromatic N) is 1. The van der Waals surface area contributed by atoms with Gasteiger partial charge in [-0.3, -0.25) is 24.1 Å². The van der Waals surface area contributed by atoms with E-state index < -0.39 is 36.0 Å². The minimum atomic E-state index is -1.17. The third kappa shape index (κ3) is 5.53. The Balaban J connectivity index is 1.83. The summed E-state index contributed by atoms with van der Waals surface area (Å²) in [5.41, 5.74) is 1.16. The molecule has 2 aromatic rings. The number of carboxylic acids is 1. The minimum absolute atomic E-state index is 0.157. The van der Waals surface area contributed by atoms with Crippen LogP contribution in [0.3, 0.4) is 0 Å². The third-order valence-electron chi connectivity index (χ3n) is 5.61. The lowest BCUT2D eigenvalue weighted by Gasteiger charge is -2.24. The summed E-state index contributed by atoms with van der Waals surface area (Å²) in [7, 11) is 1.51. The van der Waals surface area contributed by atoms with Crippen molar-refractivity contribution in [2.45, 2.75) is 31.6 Å². The van der Waals surface area contributed by atoms with Crippen LogP contribution in [0.2, 0.25) is 5.02 Å². The molecule has 8 heteroatoms. The number of likely N-dealkylation sites (tertiary alicyclic amines) is 1. The van der Waals surface area contributed by atoms with Crippen LogP contribution in [0.15, 0.2) is 48.5 Å². The van der Waals surface area contributed by atoms with E-state index in [1.54, 1.807) is 48.5 Å². The van der Waals surface area contributed by atoms with Gasteiger partial charge in [-0.15, -0.1) is 0 Å². The van der Waals surface area contributed by atoms with E-state index in [4.69, 9.17) is 16.3 Å². The van der Waals surface area contributed by atoms with Crippen LogP contribution in [0.1, 0.15) is 36.3 Å². The SMILES string of the molecule is COc1ccc(Cl)cc1CC1CCC(=O)CN(C(=O)C[C@H](C(=O)O)c2ccccc2)C1=O. The number of amides is 2. The monoisotopic (exact) mass is 457 g/mol. The second kappa shape index (κ2) is 10.4. The Labute approximate surface area is 190 Å². The Bertz CT molecular complexity index is 1020. The van der Waals surface area contributed by atoms with Gasteiger partial charge in [-0.2, -0.15) is 0 Å². The fraction of sp³-hybridized carbons (Fsp3) is 0.333. The quantitative estimate of drug-likeness (QED) is 0.683. The summed E-state index contributed by atoms with van der Waals surface area (Å²) in [5.74, 6) is -3.74. The lowest BCUT2D eigenvalue weighted by molar-refractivity contribution is -0.151. The predicted molar refractivity (Wildman–Crippen MR) is 118 cm³/mol. The molecule has 0 bridgehead atoms. The van der Waals surface area contributed by atoms with Gasteiger partial charge in [-0.1, -0.05) is 41.9 Å². The molecule has 2 amide bonds. The Morgan fingerprint density at radius 3 is 2.56 bits per heavy atom. The van der Waals surface area contributed by atoms with Crippen molar-refractivity contribution in [2.75, 3.05) is 13.7 Å². The van der Waals surface area contributed by atoms with Crippen molar-refractivity contribution in [3.63, 3.8) is 0 Å². The van der Waals surface area contributed by atoms with E-state index in [1.807, 2.05) is 0 Å². The van der Waals surface area contributed by atoms with Crippen LogP contribution in [-0.4, -0.2) is 47.2 Å². The van der Waals surface area contributed by atoms with Crippen LogP contribution in [0.25, 0.3) is 0 Å². The molecule has 1 aliphatic rings. The van der Waals surface area contributed by atoms with E-state index in [1.165, 1.54) is 7.11 Å². The summed E-state index contributed by atoms with van der Waals surface area (Å²) in [6.45, 7) is -0.345. The van der Waals surface area contributed by atoms with Crippen LogP contribution in [0, 0.1) is 5.92 Å². The summed E-state index contributed by atoms with van der Waals surface area (Å²) in [6.07, 6.45) is 0.286. The van der Waals surface area contributed by atoms with Crippen LogP contribution in [0.4, 0.5) is 0 Å². The molecule has 0 aliphatic carbocycles. The highest BCUT2D eigenvalue weighted by atomic mass is 35.5. The number of hydrogen-bond donors (Lipinski definition) is 1. The van der Waals surface area contributed by atoms with Crippen molar-refractivity contribution in [3.8, 4) is 5.75 Å². The predicted octanol–water partition coefficient (Wildman–Crippen LogP) is 3.48. The van der Waals surface area contributed by atoms with E-state index in [9.17, 15) is 24.3 Å². The van der Waals surface area contributed by atoms with Gasteiger partial charge >= 0.3 is 5.97 Å². The molecule has 168 valence electrons. The van der Waals surface area contributed by atoms with E-state index in [0.29, 0.717) is 21.9 Å². The number of carboxylic acid groups (broad SMARTS) is 1.